The van der Waals surface area contributed by atoms with E-state index in [4.69, 9.17) is 16.3 Å². The predicted octanol–water partition coefficient (Wildman–Crippen LogP) is 6.52. The predicted molar refractivity (Wildman–Crippen MR) is 138 cm³/mol. The molecule has 2 N–H and O–H groups in total. The largest absolute Gasteiger partial charge is 0.486 e. The monoisotopic (exact) mass is 485 g/mol. The van der Waals surface area contributed by atoms with Crippen LogP contribution in [0.15, 0.2) is 60.9 Å². The van der Waals surface area contributed by atoms with Crippen molar-refractivity contribution >= 4 is 45.5 Å². The van der Waals surface area contributed by atoms with E-state index in [2.05, 4.69) is 26.7 Å². The van der Waals surface area contributed by atoms with Gasteiger partial charge in [0.1, 0.15) is 18.4 Å². The Hall–Kier alpha value is -4.15. The summed E-state index contributed by atoms with van der Waals surface area (Å²) in [4.78, 5) is 20.9. The topological polar surface area (TPSA) is 99.9 Å². The van der Waals surface area contributed by atoms with Gasteiger partial charge in [-0.15, -0.1) is 0 Å². The fourth-order valence-electron chi connectivity index (χ4n) is 3.61. The first-order valence-electron chi connectivity index (χ1n) is 11.2. The Morgan fingerprint density at radius 2 is 2.03 bits per heavy atom. The van der Waals surface area contributed by atoms with Crippen LogP contribution in [-0.2, 0) is 11.4 Å². The molecule has 7 nitrogen and oxygen atoms in total. The Kier molecular flexibility index (Phi) is 7.44. The lowest BCUT2D eigenvalue weighted by atomic mass is 10.0. The average molecular weight is 486 g/mol. The molecule has 8 heteroatoms. The first-order chi connectivity index (χ1) is 17.0. The third kappa shape index (κ3) is 5.68. The Balaban J connectivity index is 1.64. The number of aryl methyl sites for hydroxylation is 1. The number of nitrogens with zero attached hydrogens (tertiary/aromatic N) is 3. The van der Waals surface area contributed by atoms with Crippen LogP contribution in [0.5, 0.6) is 5.75 Å². The second kappa shape index (κ2) is 10.9. The van der Waals surface area contributed by atoms with Crippen molar-refractivity contribution in [2.45, 2.75) is 33.3 Å². The summed E-state index contributed by atoms with van der Waals surface area (Å²) in [5.74, 6) is 0.474. The quantitative estimate of drug-likeness (QED) is 0.294. The molecule has 2 heterocycles. The number of benzene rings is 2. The van der Waals surface area contributed by atoms with Crippen LogP contribution in [0.1, 0.15) is 36.6 Å². The minimum Gasteiger partial charge on any atom is -0.486 e. The van der Waals surface area contributed by atoms with Crippen molar-refractivity contribution in [3.05, 3.63) is 82.8 Å². The molecule has 0 atom stereocenters. The number of aromatic nitrogens is 2. The van der Waals surface area contributed by atoms with Crippen LogP contribution in [0, 0.1) is 18.3 Å². The molecule has 0 fully saturated rings. The van der Waals surface area contributed by atoms with Crippen LogP contribution in [-0.4, -0.2) is 15.9 Å². The SMILES string of the molecule is CCCC(=O)Nc1cc2c(Nc3ccc(OCc4ccccn4)c(Cl)c3)c(C#N)cnc2cc1C. The van der Waals surface area contributed by atoms with E-state index in [-0.39, 0.29) is 5.91 Å². The van der Waals surface area contributed by atoms with Crippen molar-refractivity contribution in [2.24, 2.45) is 0 Å². The van der Waals surface area contributed by atoms with Gasteiger partial charge in [0.2, 0.25) is 5.91 Å². The molecule has 176 valence electrons. The first kappa shape index (κ1) is 24.0. The zero-order valence-corrected chi connectivity index (χ0v) is 20.2. The molecular weight excluding hydrogens is 462 g/mol. The van der Waals surface area contributed by atoms with Gasteiger partial charge in [-0.1, -0.05) is 24.6 Å². The van der Waals surface area contributed by atoms with Crippen molar-refractivity contribution < 1.29 is 9.53 Å². The highest BCUT2D eigenvalue weighted by atomic mass is 35.5. The molecule has 0 saturated carbocycles. The number of rotatable bonds is 8. The Morgan fingerprint density at radius 3 is 2.74 bits per heavy atom. The highest BCUT2D eigenvalue weighted by Crippen LogP contribution is 2.35. The first-order valence-corrected chi connectivity index (χ1v) is 11.6. The smallest absolute Gasteiger partial charge is 0.224 e. The molecule has 0 aliphatic heterocycles. The van der Waals surface area contributed by atoms with Crippen LogP contribution >= 0.6 is 11.6 Å². The van der Waals surface area contributed by atoms with E-state index in [1.807, 2.05) is 50.2 Å². The molecule has 1 amide bonds. The Morgan fingerprint density at radius 1 is 1.17 bits per heavy atom. The van der Waals surface area contributed by atoms with E-state index in [0.717, 1.165) is 17.7 Å². The second-order valence-electron chi connectivity index (χ2n) is 8.02. The number of anilines is 3. The maximum Gasteiger partial charge on any atom is 0.224 e. The minimum absolute atomic E-state index is 0.0538. The molecule has 4 aromatic rings. The summed E-state index contributed by atoms with van der Waals surface area (Å²) in [6.45, 7) is 4.17. The number of ether oxygens (including phenoxy) is 1. The molecule has 0 radical (unpaired) electrons. The van der Waals surface area contributed by atoms with E-state index in [1.54, 1.807) is 18.3 Å². The van der Waals surface area contributed by atoms with Gasteiger partial charge in [-0.25, -0.2) is 0 Å². The number of carbonyl (C=O) groups excluding carboxylic acids is 1. The highest BCUT2D eigenvalue weighted by molar-refractivity contribution is 6.32. The molecule has 0 spiro atoms. The summed E-state index contributed by atoms with van der Waals surface area (Å²) in [5.41, 5.74) is 4.72. The zero-order chi connectivity index (χ0) is 24.8. The van der Waals surface area contributed by atoms with Crippen molar-refractivity contribution in [3.8, 4) is 11.8 Å². The molecule has 35 heavy (non-hydrogen) atoms. The fraction of sp³-hybridized carbons (Fsp3) is 0.185. The maximum absolute atomic E-state index is 12.2. The standard InChI is InChI=1S/C27H24ClN5O2/c1-3-6-26(34)33-23-13-21-24(11-17(23)2)31-15-18(14-29)27(21)32-19-8-9-25(22(28)12-19)35-16-20-7-4-5-10-30-20/h4-5,7-13,15H,3,6,16H2,1-2H3,(H,31,32)(H,33,34). The molecular formula is C27H24ClN5O2. The number of fused-ring (bicyclic) bond motifs is 1. The van der Waals surface area contributed by atoms with Gasteiger partial charge >= 0.3 is 0 Å². The van der Waals surface area contributed by atoms with Gasteiger partial charge in [0.15, 0.2) is 0 Å². The third-order valence-corrected chi connectivity index (χ3v) is 5.68. The van der Waals surface area contributed by atoms with Crippen molar-refractivity contribution in [1.82, 2.24) is 9.97 Å². The second-order valence-corrected chi connectivity index (χ2v) is 8.43. The molecule has 0 aliphatic carbocycles. The van der Waals surface area contributed by atoms with E-state index in [0.29, 0.717) is 57.3 Å². The Bertz CT molecular complexity index is 1420. The van der Waals surface area contributed by atoms with Gasteiger partial charge in [-0.05, 0) is 61.4 Å². The molecule has 2 aromatic carbocycles. The summed E-state index contributed by atoms with van der Waals surface area (Å²) in [6.07, 6.45) is 4.44. The number of hydrogen-bond acceptors (Lipinski definition) is 6. The number of carbonyl (C=O) groups is 1. The zero-order valence-electron chi connectivity index (χ0n) is 19.4. The van der Waals surface area contributed by atoms with E-state index in [9.17, 15) is 10.1 Å². The van der Waals surface area contributed by atoms with Gasteiger partial charge in [-0.2, -0.15) is 5.26 Å². The van der Waals surface area contributed by atoms with Gasteiger partial charge in [0.05, 0.1) is 27.5 Å². The van der Waals surface area contributed by atoms with E-state index in [1.165, 1.54) is 6.20 Å². The lowest BCUT2D eigenvalue weighted by Crippen LogP contribution is -2.11. The van der Waals surface area contributed by atoms with E-state index >= 15 is 0 Å². The molecule has 0 saturated heterocycles. The van der Waals surface area contributed by atoms with Crippen molar-refractivity contribution in [2.75, 3.05) is 10.6 Å². The number of hydrogen-bond donors (Lipinski definition) is 2. The number of pyridine rings is 2. The van der Waals surface area contributed by atoms with Crippen molar-refractivity contribution in [1.29, 1.82) is 5.26 Å². The summed E-state index contributed by atoms with van der Waals surface area (Å²) in [5, 5.41) is 17.1. The number of halogens is 1. The van der Waals surface area contributed by atoms with Crippen LogP contribution < -0.4 is 15.4 Å². The normalized spacial score (nSPS) is 10.6. The number of nitriles is 1. The van der Waals surface area contributed by atoms with Crippen LogP contribution in [0.2, 0.25) is 5.02 Å². The van der Waals surface area contributed by atoms with Gasteiger partial charge in [0.25, 0.3) is 0 Å². The maximum atomic E-state index is 12.2. The number of amides is 1. The van der Waals surface area contributed by atoms with Crippen LogP contribution in [0.25, 0.3) is 10.9 Å². The molecule has 0 unspecified atom stereocenters. The summed E-state index contributed by atoms with van der Waals surface area (Å²) in [7, 11) is 0. The van der Waals surface area contributed by atoms with E-state index < -0.39 is 0 Å². The van der Waals surface area contributed by atoms with Crippen LogP contribution in [0.4, 0.5) is 17.1 Å². The van der Waals surface area contributed by atoms with Crippen LogP contribution in [0.3, 0.4) is 0 Å². The molecule has 0 bridgehead atoms. The van der Waals surface area contributed by atoms with Gasteiger partial charge in [0, 0.05) is 35.6 Å². The Labute approximate surface area is 208 Å². The third-order valence-electron chi connectivity index (χ3n) is 5.39. The lowest BCUT2D eigenvalue weighted by Gasteiger charge is -2.15. The average Bonchev–Trinajstić information content (AvgIpc) is 2.85. The lowest BCUT2D eigenvalue weighted by molar-refractivity contribution is -0.116. The highest BCUT2D eigenvalue weighted by Gasteiger charge is 2.14. The number of nitrogens with one attached hydrogen (secondary N) is 2. The summed E-state index contributed by atoms with van der Waals surface area (Å²) < 4.78 is 5.80. The molecule has 2 aromatic heterocycles. The fourth-order valence-corrected chi connectivity index (χ4v) is 3.85. The molecule has 0 aliphatic rings. The summed E-state index contributed by atoms with van der Waals surface area (Å²) in [6, 6.07) is 16.9. The van der Waals surface area contributed by atoms with Gasteiger partial charge in [-0.3, -0.25) is 14.8 Å². The minimum atomic E-state index is -0.0538. The van der Waals surface area contributed by atoms with Gasteiger partial charge < -0.3 is 15.4 Å². The summed E-state index contributed by atoms with van der Waals surface area (Å²) >= 11 is 6.48. The van der Waals surface area contributed by atoms with Crippen molar-refractivity contribution in [3.63, 3.8) is 0 Å². The molecule has 4 rings (SSSR count).